The molecule has 0 aliphatic carbocycles. The first-order valence-electron chi connectivity index (χ1n) is 7.20. The fourth-order valence-electron chi connectivity index (χ4n) is 2.73. The minimum atomic E-state index is -0.735. The second kappa shape index (κ2) is 7.48. The second-order valence-corrected chi connectivity index (χ2v) is 5.38. The van der Waals surface area contributed by atoms with Crippen LogP contribution in [0.15, 0.2) is 0 Å². The van der Waals surface area contributed by atoms with Crippen molar-refractivity contribution in [3.8, 4) is 0 Å². The smallest absolute Gasteiger partial charge is 0.306 e. The van der Waals surface area contributed by atoms with E-state index in [9.17, 15) is 9.59 Å². The molecule has 110 valence electrons. The first-order chi connectivity index (χ1) is 8.99. The molecule has 0 unspecified atom stereocenters. The third kappa shape index (κ3) is 4.49. The lowest BCUT2D eigenvalue weighted by Gasteiger charge is -2.33. The van der Waals surface area contributed by atoms with Gasteiger partial charge in [0, 0.05) is 19.1 Å². The normalized spacial score (nSPS) is 17.2. The molecule has 19 heavy (non-hydrogen) atoms. The van der Waals surface area contributed by atoms with Crippen molar-refractivity contribution in [3.05, 3.63) is 0 Å². The van der Waals surface area contributed by atoms with Crippen molar-refractivity contribution in [2.24, 2.45) is 5.92 Å². The predicted molar refractivity (Wildman–Crippen MR) is 73.9 cm³/mol. The minimum absolute atomic E-state index is 0.123. The molecule has 0 atom stereocenters. The van der Waals surface area contributed by atoms with E-state index in [1.165, 1.54) is 0 Å². The lowest BCUT2D eigenvalue weighted by Crippen LogP contribution is -2.46. The molecule has 1 saturated heterocycles. The standard InChI is InChI=1S/C14H26N2O3/c1-4-12(5-2)15(3)10-13(17)16-8-6-11(7-9-16)14(18)19/h11-12H,4-10H2,1-3H3,(H,18,19). The van der Waals surface area contributed by atoms with Gasteiger partial charge in [0.2, 0.25) is 5.91 Å². The summed E-state index contributed by atoms with van der Waals surface area (Å²) in [6.07, 6.45) is 3.24. The van der Waals surface area contributed by atoms with Crippen molar-refractivity contribution in [2.75, 3.05) is 26.7 Å². The number of likely N-dealkylation sites (N-methyl/N-ethyl adjacent to an activating group) is 1. The Balaban J connectivity index is 2.41. The van der Waals surface area contributed by atoms with Gasteiger partial charge in [0.25, 0.3) is 0 Å². The Morgan fingerprint density at radius 3 is 2.21 bits per heavy atom. The number of amides is 1. The summed E-state index contributed by atoms with van der Waals surface area (Å²) in [5.41, 5.74) is 0. The van der Waals surface area contributed by atoms with E-state index in [-0.39, 0.29) is 11.8 Å². The van der Waals surface area contributed by atoms with Crippen LogP contribution in [-0.2, 0) is 9.59 Å². The molecule has 0 aromatic rings. The molecule has 1 aliphatic rings. The van der Waals surface area contributed by atoms with E-state index in [4.69, 9.17) is 5.11 Å². The maximum atomic E-state index is 12.2. The van der Waals surface area contributed by atoms with Crippen LogP contribution in [0.3, 0.4) is 0 Å². The van der Waals surface area contributed by atoms with Crippen LogP contribution in [-0.4, -0.2) is 59.5 Å². The van der Waals surface area contributed by atoms with E-state index in [2.05, 4.69) is 18.7 Å². The maximum absolute atomic E-state index is 12.2. The van der Waals surface area contributed by atoms with Crippen LogP contribution in [0.1, 0.15) is 39.5 Å². The quantitative estimate of drug-likeness (QED) is 0.793. The third-order valence-electron chi connectivity index (χ3n) is 4.15. The number of aliphatic carboxylic acids is 1. The Morgan fingerprint density at radius 2 is 1.79 bits per heavy atom. The number of carbonyl (C=O) groups excluding carboxylic acids is 1. The molecule has 0 aromatic carbocycles. The summed E-state index contributed by atoms with van der Waals surface area (Å²) < 4.78 is 0. The summed E-state index contributed by atoms with van der Waals surface area (Å²) >= 11 is 0. The summed E-state index contributed by atoms with van der Waals surface area (Å²) in [4.78, 5) is 26.9. The molecule has 0 bridgehead atoms. The summed E-state index contributed by atoms with van der Waals surface area (Å²) in [5.74, 6) is -0.889. The highest BCUT2D eigenvalue weighted by molar-refractivity contribution is 5.79. The maximum Gasteiger partial charge on any atom is 0.306 e. The average Bonchev–Trinajstić information content (AvgIpc) is 2.40. The molecule has 1 N–H and O–H groups in total. The van der Waals surface area contributed by atoms with Gasteiger partial charge >= 0.3 is 5.97 Å². The Hall–Kier alpha value is -1.10. The third-order valence-corrected chi connectivity index (χ3v) is 4.15. The zero-order valence-electron chi connectivity index (χ0n) is 12.3. The number of likely N-dealkylation sites (tertiary alicyclic amines) is 1. The van der Waals surface area contributed by atoms with Gasteiger partial charge in [-0.25, -0.2) is 0 Å². The van der Waals surface area contributed by atoms with E-state index < -0.39 is 5.97 Å². The minimum Gasteiger partial charge on any atom is -0.481 e. The molecule has 0 radical (unpaired) electrons. The topological polar surface area (TPSA) is 60.9 Å². The van der Waals surface area contributed by atoms with E-state index in [1.807, 2.05) is 7.05 Å². The molecule has 1 aliphatic heterocycles. The van der Waals surface area contributed by atoms with E-state index >= 15 is 0 Å². The molecule has 0 spiro atoms. The molecule has 5 heteroatoms. The molecule has 5 nitrogen and oxygen atoms in total. The monoisotopic (exact) mass is 270 g/mol. The van der Waals surface area contributed by atoms with Gasteiger partial charge in [-0.3, -0.25) is 14.5 Å². The number of piperidine rings is 1. The Morgan fingerprint density at radius 1 is 1.26 bits per heavy atom. The van der Waals surface area contributed by atoms with Crippen molar-refractivity contribution in [3.63, 3.8) is 0 Å². The highest BCUT2D eigenvalue weighted by atomic mass is 16.4. The number of carbonyl (C=O) groups is 2. The van der Waals surface area contributed by atoms with Crippen molar-refractivity contribution in [1.82, 2.24) is 9.80 Å². The number of carboxylic acid groups (broad SMARTS) is 1. The lowest BCUT2D eigenvalue weighted by atomic mass is 9.97. The fraction of sp³-hybridized carbons (Fsp3) is 0.857. The van der Waals surface area contributed by atoms with E-state index in [0.29, 0.717) is 38.5 Å². The highest BCUT2D eigenvalue weighted by Gasteiger charge is 2.27. The van der Waals surface area contributed by atoms with Gasteiger partial charge in [0.15, 0.2) is 0 Å². The molecule has 0 saturated carbocycles. The van der Waals surface area contributed by atoms with Gasteiger partial charge in [-0.05, 0) is 32.7 Å². The average molecular weight is 270 g/mol. The largest absolute Gasteiger partial charge is 0.481 e. The van der Waals surface area contributed by atoms with Crippen LogP contribution in [0.5, 0.6) is 0 Å². The lowest BCUT2D eigenvalue weighted by molar-refractivity contribution is -0.146. The van der Waals surface area contributed by atoms with Gasteiger partial charge in [-0.15, -0.1) is 0 Å². The van der Waals surface area contributed by atoms with Crippen LogP contribution in [0, 0.1) is 5.92 Å². The number of nitrogens with zero attached hydrogens (tertiary/aromatic N) is 2. The molecule has 0 aromatic heterocycles. The van der Waals surface area contributed by atoms with Gasteiger partial charge in [-0.2, -0.15) is 0 Å². The summed E-state index contributed by atoms with van der Waals surface area (Å²) in [5, 5.41) is 8.93. The molecular formula is C14H26N2O3. The Kier molecular flexibility index (Phi) is 6.28. The summed E-state index contributed by atoms with van der Waals surface area (Å²) in [6.45, 7) is 5.85. The van der Waals surface area contributed by atoms with Crippen LogP contribution in [0.4, 0.5) is 0 Å². The fourth-order valence-corrected chi connectivity index (χ4v) is 2.73. The van der Waals surface area contributed by atoms with Crippen molar-refractivity contribution in [2.45, 2.75) is 45.6 Å². The van der Waals surface area contributed by atoms with Crippen LogP contribution < -0.4 is 0 Å². The van der Waals surface area contributed by atoms with Crippen molar-refractivity contribution >= 4 is 11.9 Å². The molecule has 1 heterocycles. The Bertz CT molecular complexity index is 308. The van der Waals surface area contributed by atoms with Gasteiger partial charge < -0.3 is 10.0 Å². The van der Waals surface area contributed by atoms with E-state index in [1.54, 1.807) is 4.90 Å². The molecular weight excluding hydrogens is 244 g/mol. The molecule has 1 amide bonds. The summed E-state index contributed by atoms with van der Waals surface area (Å²) in [7, 11) is 1.99. The van der Waals surface area contributed by atoms with Gasteiger partial charge in [-0.1, -0.05) is 13.8 Å². The molecule has 1 fully saturated rings. The number of carboxylic acids is 1. The van der Waals surface area contributed by atoms with Crippen molar-refractivity contribution in [1.29, 1.82) is 0 Å². The van der Waals surface area contributed by atoms with Crippen LogP contribution >= 0.6 is 0 Å². The highest BCUT2D eigenvalue weighted by Crippen LogP contribution is 2.17. The van der Waals surface area contributed by atoms with Crippen LogP contribution in [0.25, 0.3) is 0 Å². The second-order valence-electron chi connectivity index (χ2n) is 5.38. The Labute approximate surface area is 115 Å². The number of rotatable bonds is 6. The zero-order valence-corrected chi connectivity index (χ0v) is 12.3. The first kappa shape index (κ1) is 16.0. The van der Waals surface area contributed by atoms with Gasteiger partial charge in [0.1, 0.15) is 0 Å². The van der Waals surface area contributed by atoms with Crippen molar-refractivity contribution < 1.29 is 14.7 Å². The predicted octanol–water partition coefficient (Wildman–Crippen LogP) is 1.43. The van der Waals surface area contributed by atoms with Crippen LogP contribution in [0.2, 0.25) is 0 Å². The number of hydrogen-bond acceptors (Lipinski definition) is 3. The number of hydrogen-bond donors (Lipinski definition) is 1. The van der Waals surface area contributed by atoms with Gasteiger partial charge in [0.05, 0.1) is 12.5 Å². The summed E-state index contributed by atoms with van der Waals surface area (Å²) in [6, 6.07) is 0.445. The SMILES string of the molecule is CCC(CC)N(C)CC(=O)N1CCC(C(=O)O)CC1. The zero-order chi connectivity index (χ0) is 14.4. The van der Waals surface area contributed by atoms with E-state index in [0.717, 1.165) is 12.8 Å². The molecule has 1 rings (SSSR count). The first-order valence-corrected chi connectivity index (χ1v) is 7.20.